The zero-order chi connectivity index (χ0) is 9.38. The maximum absolute atomic E-state index is 4.19. The number of hydrogen-bond acceptors (Lipinski definition) is 4. The Hall–Kier alpha value is -1.75. The first-order valence-corrected chi connectivity index (χ1v) is 5.07. The molecule has 0 bridgehead atoms. The monoisotopic (exact) mass is 202 g/mol. The molecule has 3 aromatic rings. The molecule has 68 valence electrons. The van der Waals surface area contributed by atoms with Crippen molar-refractivity contribution in [2.75, 3.05) is 0 Å². The molecular formula is C9H6N4S. The first kappa shape index (κ1) is 7.64. The number of hydrogen-bond donors (Lipinski definition) is 0. The van der Waals surface area contributed by atoms with Crippen LogP contribution in [-0.2, 0) is 0 Å². The molecular weight excluding hydrogens is 196 g/mol. The van der Waals surface area contributed by atoms with Gasteiger partial charge in [0.15, 0.2) is 5.82 Å². The van der Waals surface area contributed by atoms with Crippen LogP contribution in [-0.4, -0.2) is 19.8 Å². The van der Waals surface area contributed by atoms with E-state index in [2.05, 4.69) is 15.3 Å². The smallest absolute Gasteiger partial charge is 0.184 e. The van der Waals surface area contributed by atoms with Gasteiger partial charge in [0.25, 0.3) is 0 Å². The lowest BCUT2D eigenvalue weighted by atomic mass is 10.3. The van der Waals surface area contributed by atoms with Crippen LogP contribution in [0.4, 0.5) is 0 Å². The number of rotatable bonds is 1. The van der Waals surface area contributed by atoms with Crippen LogP contribution in [0, 0.1) is 0 Å². The topological polar surface area (TPSA) is 43.1 Å². The summed E-state index contributed by atoms with van der Waals surface area (Å²) >= 11 is 1.64. The van der Waals surface area contributed by atoms with Gasteiger partial charge in [-0.3, -0.25) is 0 Å². The fourth-order valence-corrected chi connectivity index (χ4v) is 1.98. The van der Waals surface area contributed by atoms with E-state index in [0.29, 0.717) is 0 Å². The zero-order valence-corrected chi connectivity index (χ0v) is 7.98. The van der Waals surface area contributed by atoms with E-state index in [-0.39, 0.29) is 0 Å². The van der Waals surface area contributed by atoms with Gasteiger partial charge >= 0.3 is 0 Å². The van der Waals surface area contributed by atoms with Crippen molar-refractivity contribution in [2.45, 2.75) is 0 Å². The van der Waals surface area contributed by atoms with Crippen LogP contribution in [0.1, 0.15) is 0 Å². The Bertz CT molecular complexity index is 555. The molecule has 4 nitrogen and oxygen atoms in total. The largest absolute Gasteiger partial charge is 0.211 e. The number of nitrogens with zero attached hydrogens (tertiary/aromatic N) is 4. The summed E-state index contributed by atoms with van der Waals surface area (Å²) in [6, 6.07) is 3.92. The second-order valence-corrected chi connectivity index (χ2v) is 3.63. The van der Waals surface area contributed by atoms with Crippen LogP contribution in [0.5, 0.6) is 0 Å². The van der Waals surface area contributed by atoms with E-state index in [9.17, 15) is 0 Å². The highest BCUT2D eigenvalue weighted by Gasteiger charge is 2.05. The van der Waals surface area contributed by atoms with Crippen molar-refractivity contribution in [1.29, 1.82) is 0 Å². The van der Waals surface area contributed by atoms with Crippen molar-refractivity contribution >= 4 is 16.9 Å². The Morgan fingerprint density at radius 3 is 3.14 bits per heavy atom. The van der Waals surface area contributed by atoms with Crippen molar-refractivity contribution in [3.63, 3.8) is 0 Å². The molecule has 0 aliphatic rings. The van der Waals surface area contributed by atoms with Crippen LogP contribution in [0.3, 0.4) is 0 Å². The Labute approximate surface area is 83.8 Å². The van der Waals surface area contributed by atoms with Crippen LogP contribution < -0.4 is 0 Å². The van der Waals surface area contributed by atoms with E-state index >= 15 is 0 Å². The minimum Gasteiger partial charge on any atom is -0.211 e. The molecule has 0 unspecified atom stereocenters. The van der Waals surface area contributed by atoms with Crippen molar-refractivity contribution < 1.29 is 0 Å². The maximum Gasteiger partial charge on any atom is 0.184 e. The molecule has 0 saturated heterocycles. The van der Waals surface area contributed by atoms with Crippen LogP contribution in [0.2, 0.25) is 0 Å². The summed E-state index contributed by atoms with van der Waals surface area (Å²) in [7, 11) is 0. The third-order valence-corrected chi connectivity index (χ3v) is 2.68. The van der Waals surface area contributed by atoms with E-state index in [1.54, 1.807) is 28.2 Å². The Morgan fingerprint density at radius 2 is 2.29 bits per heavy atom. The molecule has 5 heteroatoms. The minimum absolute atomic E-state index is 0.786. The predicted molar refractivity (Wildman–Crippen MR) is 54.1 cm³/mol. The predicted octanol–water partition coefficient (Wildman–Crippen LogP) is 1.85. The van der Waals surface area contributed by atoms with Gasteiger partial charge in [0.1, 0.15) is 0 Å². The third-order valence-electron chi connectivity index (χ3n) is 1.99. The lowest BCUT2D eigenvalue weighted by Gasteiger charge is -1.98. The summed E-state index contributed by atoms with van der Waals surface area (Å²) < 4.78 is 1.79. The number of thiophene rings is 1. The number of fused-ring (bicyclic) bond motifs is 1. The molecule has 14 heavy (non-hydrogen) atoms. The summed E-state index contributed by atoms with van der Waals surface area (Å²) in [5.41, 5.74) is 2.01. The van der Waals surface area contributed by atoms with E-state index < -0.39 is 0 Å². The van der Waals surface area contributed by atoms with Gasteiger partial charge in [-0.05, 0) is 17.5 Å². The number of aromatic nitrogens is 4. The fourth-order valence-electron chi connectivity index (χ4n) is 1.35. The Kier molecular flexibility index (Phi) is 1.57. The first-order chi connectivity index (χ1) is 6.95. The van der Waals surface area contributed by atoms with Gasteiger partial charge < -0.3 is 0 Å². The fraction of sp³-hybridized carbons (Fsp3) is 0. The molecule has 0 aliphatic carbocycles. The molecule has 3 aromatic heterocycles. The third kappa shape index (κ3) is 1.03. The molecule has 0 amide bonds. The molecule has 3 rings (SSSR count). The lowest BCUT2D eigenvalue weighted by Crippen LogP contribution is -1.97. The van der Waals surface area contributed by atoms with Crippen LogP contribution >= 0.6 is 11.3 Å². The van der Waals surface area contributed by atoms with Crippen LogP contribution in [0.15, 0.2) is 35.3 Å². The second kappa shape index (κ2) is 2.88. The van der Waals surface area contributed by atoms with Gasteiger partial charge in [-0.15, -0.1) is 5.10 Å². The average molecular weight is 202 g/mol. The molecule has 0 atom stereocenters. The molecule has 0 fully saturated rings. The van der Waals surface area contributed by atoms with Gasteiger partial charge in [-0.25, -0.2) is 4.52 Å². The molecule has 3 heterocycles. The molecule has 0 aromatic carbocycles. The van der Waals surface area contributed by atoms with Gasteiger partial charge in [0.05, 0.1) is 17.9 Å². The quantitative estimate of drug-likeness (QED) is 0.604. The average Bonchev–Trinajstić information content (AvgIpc) is 2.88. The highest BCUT2D eigenvalue weighted by molar-refractivity contribution is 7.08. The van der Waals surface area contributed by atoms with Crippen molar-refractivity contribution in [2.24, 2.45) is 0 Å². The lowest BCUT2D eigenvalue weighted by molar-refractivity contribution is 0.878. The molecule has 0 radical (unpaired) electrons. The second-order valence-electron chi connectivity index (χ2n) is 2.85. The van der Waals surface area contributed by atoms with Gasteiger partial charge in [0, 0.05) is 10.9 Å². The molecule has 0 N–H and O–H groups in total. The van der Waals surface area contributed by atoms with E-state index in [1.807, 2.05) is 22.9 Å². The normalized spacial score (nSPS) is 10.9. The van der Waals surface area contributed by atoms with Gasteiger partial charge in [0.2, 0.25) is 0 Å². The summed E-state index contributed by atoms with van der Waals surface area (Å²) in [5.74, 6) is 0.786. The Balaban J connectivity index is 2.36. The van der Waals surface area contributed by atoms with Crippen LogP contribution in [0.25, 0.3) is 16.9 Å². The highest BCUT2D eigenvalue weighted by atomic mass is 32.1. The highest BCUT2D eigenvalue weighted by Crippen LogP contribution is 2.19. The van der Waals surface area contributed by atoms with E-state index in [1.165, 1.54) is 0 Å². The minimum atomic E-state index is 0.786. The van der Waals surface area contributed by atoms with Crippen molar-refractivity contribution in [3.8, 4) is 11.4 Å². The first-order valence-electron chi connectivity index (χ1n) is 4.13. The standard InChI is InChI=1S/C9H6N4S/c1-3-11-13-8(1)5-10-12-9(13)7-2-4-14-6-7/h1-6H. The molecule has 0 aliphatic heterocycles. The summed E-state index contributed by atoms with van der Waals surface area (Å²) in [6.07, 6.45) is 3.44. The Morgan fingerprint density at radius 1 is 1.29 bits per heavy atom. The zero-order valence-electron chi connectivity index (χ0n) is 7.16. The molecule has 0 spiro atoms. The summed E-state index contributed by atoms with van der Waals surface area (Å²) in [5, 5.41) is 16.3. The van der Waals surface area contributed by atoms with Gasteiger partial charge in [-0.2, -0.15) is 21.5 Å². The SMILES string of the molecule is c1cc2cnnc(-c3ccsc3)n2n1. The van der Waals surface area contributed by atoms with Crippen molar-refractivity contribution in [1.82, 2.24) is 19.8 Å². The summed E-state index contributed by atoms with van der Waals surface area (Å²) in [6.45, 7) is 0. The maximum atomic E-state index is 4.19. The molecule has 0 saturated carbocycles. The summed E-state index contributed by atoms with van der Waals surface area (Å²) in [4.78, 5) is 0. The van der Waals surface area contributed by atoms with Crippen molar-refractivity contribution in [3.05, 3.63) is 35.3 Å². The van der Waals surface area contributed by atoms with Gasteiger partial charge in [-0.1, -0.05) is 0 Å². The van der Waals surface area contributed by atoms with E-state index in [0.717, 1.165) is 16.9 Å². The van der Waals surface area contributed by atoms with E-state index in [4.69, 9.17) is 0 Å².